The van der Waals surface area contributed by atoms with Gasteiger partial charge in [-0.05, 0) is 40.2 Å². The maximum Gasteiger partial charge on any atom is 0.311 e. The molecule has 6 heteroatoms. The summed E-state index contributed by atoms with van der Waals surface area (Å²) < 4.78 is 6.14. The van der Waals surface area contributed by atoms with Crippen molar-refractivity contribution in [2.24, 2.45) is 0 Å². The second-order valence-electron chi connectivity index (χ2n) is 3.40. The quantitative estimate of drug-likeness (QED) is 0.600. The predicted molar refractivity (Wildman–Crippen MR) is 72.3 cm³/mol. The van der Waals surface area contributed by atoms with Crippen LogP contribution in [0.3, 0.4) is 0 Å². The Morgan fingerprint density at radius 3 is 2.56 bits per heavy atom. The Bertz CT molecular complexity index is 604. The van der Waals surface area contributed by atoms with E-state index in [-0.39, 0.29) is 11.4 Å². The molecule has 4 nitrogen and oxygen atoms in total. The first kappa shape index (κ1) is 12.9. The van der Waals surface area contributed by atoms with E-state index in [2.05, 4.69) is 15.9 Å². The number of rotatable bonds is 3. The Labute approximate surface area is 116 Å². The average molecular weight is 329 g/mol. The molecule has 0 amide bonds. The topological polar surface area (TPSA) is 52.4 Å². The zero-order valence-corrected chi connectivity index (χ0v) is 11.3. The SMILES string of the molecule is O=[N+]([O-])c1ccccc1Oc1ccc(Cl)cc1Br. The van der Waals surface area contributed by atoms with Crippen LogP contribution in [0.1, 0.15) is 0 Å². The van der Waals surface area contributed by atoms with Crippen LogP contribution in [0.2, 0.25) is 5.02 Å². The molecule has 2 aromatic carbocycles. The summed E-state index contributed by atoms with van der Waals surface area (Å²) in [5.74, 6) is 0.652. The minimum Gasteiger partial charge on any atom is -0.449 e. The van der Waals surface area contributed by atoms with Gasteiger partial charge < -0.3 is 4.74 Å². The molecule has 0 atom stereocenters. The summed E-state index contributed by atoms with van der Waals surface area (Å²) in [5.41, 5.74) is -0.0839. The van der Waals surface area contributed by atoms with Gasteiger partial charge in [0.05, 0.1) is 9.40 Å². The molecule has 0 bridgehead atoms. The van der Waals surface area contributed by atoms with Crippen LogP contribution in [0.25, 0.3) is 0 Å². The summed E-state index contributed by atoms with van der Waals surface area (Å²) in [6.45, 7) is 0. The Hall–Kier alpha value is -1.59. The van der Waals surface area contributed by atoms with E-state index in [0.29, 0.717) is 15.2 Å². The van der Waals surface area contributed by atoms with Crippen molar-refractivity contribution in [3.63, 3.8) is 0 Å². The van der Waals surface area contributed by atoms with Gasteiger partial charge in [-0.1, -0.05) is 23.7 Å². The van der Waals surface area contributed by atoms with Gasteiger partial charge in [0, 0.05) is 11.1 Å². The smallest absolute Gasteiger partial charge is 0.311 e. The highest BCUT2D eigenvalue weighted by molar-refractivity contribution is 9.10. The van der Waals surface area contributed by atoms with Crippen molar-refractivity contribution in [2.75, 3.05) is 0 Å². The van der Waals surface area contributed by atoms with E-state index >= 15 is 0 Å². The predicted octanol–water partition coefficient (Wildman–Crippen LogP) is 4.80. The van der Waals surface area contributed by atoms with Crippen molar-refractivity contribution < 1.29 is 9.66 Å². The van der Waals surface area contributed by atoms with Gasteiger partial charge in [0.1, 0.15) is 5.75 Å². The van der Waals surface area contributed by atoms with Crippen molar-refractivity contribution in [3.05, 3.63) is 62.1 Å². The summed E-state index contributed by atoms with van der Waals surface area (Å²) in [6.07, 6.45) is 0. The maximum atomic E-state index is 10.8. The number of hydrogen-bond donors (Lipinski definition) is 0. The Morgan fingerprint density at radius 1 is 1.17 bits per heavy atom. The first-order valence-corrected chi connectivity index (χ1v) is 6.11. The molecule has 0 aliphatic heterocycles. The Kier molecular flexibility index (Phi) is 3.84. The molecule has 18 heavy (non-hydrogen) atoms. The fraction of sp³-hybridized carbons (Fsp3) is 0. The van der Waals surface area contributed by atoms with Crippen LogP contribution in [-0.2, 0) is 0 Å². The third-order valence-corrected chi connectivity index (χ3v) is 3.03. The second kappa shape index (κ2) is 5.37. The molecule has 92 valence electrons. The largest absolute Gasteiger partial charge is 0.449 e. The van der Waals surface area contributed by atoms with Crippen molar-refractivity contribution in [2.45, 2.75) is 0 Å². The van der Waals surface area contributed by atoms with Crippen LogP contribution in [0.15, 0.2) is 46.9 Å². The number of para-hydroxylation sites is 2. The van der Waals surface area contributed by atoms with Crippen LogP contribution in [-0.4, -0.2) is 4.92 Å². The van der Waals surface area contributed by atoms with E-state index in [0.717, 1.165) is 0 Å². The number of nitrogens with zero attached hydrogens (tertiary/aromatic N) is 1. The highest BCUT2D eigenvalue weighted by atomic mass is 79.9. The lowest BCUT2D eigenvalue weighted by Gasteiger charge is -2.08. The molecule has 0 N–H and O–H groups in total. The molecule has 0 aliphatic rings. The van der Waals surface area contributed by atoms with Gasteiger partial charge in [-0.25, -0.2) is 0 Å². The van der Waals surface area contributed by atoms with E-state index in [4.69, 9.17) is 16.3 Å². The molecule has 0 unspecified atom stereocenters. The van der Waals surface area contributed by atoms with Gasteiger partial charge >= 0.3 is 5.69 Å². The molecule has 2 aromatic rings. The number of ether oxygens (including phenoxy) is 1. The van der Waals surface area contributed by atoms with Crippen LogP contribution >= 0.6 is 27.5 Å². The van der Waals surface area contributed by atoms with Crippen molar-refractivity contribution in [1.82, 2.24) is 0 Å². The van der Waals surface area contributed by atoms with E-state index in [1.165, 1.54) is 6.07 Å². The summed E-state index contributed by atoms with van der Waals surface area (Å²) in [4.78, 5) is 10.4. The second-order valence-corrected chi connectivity index (χ2v) is 4.69. The zero-order valence-electron chi connectivity index (χ0n) is 8.97. The van der Waals surface area contributed by atoms with Crippen LogP contribution < -0.4 is 4.74 Å². The molecule has 0 saturated carbocycles. The summed E-state index contributed by atoms with van der Waals surface area (Å²) in [5, 5.41) is 11.4. The monoisotopic (exact) mass is 327 g/mol. The third kappa shape index (κ3) is 2.80. The number of hydrogen-bond acceptors (Lipinski definition) is 3. The molecule has 0 spiro atoms. The molecule has 0 aromatic heterocycles. The number of nitro benzene ring substituents is 1. The zero-order chi connectivity index (χ0) is 13.1. The van der Waals surface area contributed by atoms with E-state index < -0.39 is 4.92 Å². The molecule has 0 radical (unpaired) electrons. The Morgan fingerprint density at radius 2 is 1.89 bits per heavy atom. The molecule has 0 fully saturated rings. The molecule has 0 heterocycles. The van der Waals surface area contributed by atoms with Crippen LogP contribution in [0.5, 0.6) is 11.5 Å². The van der Waals surface area contributed by atoms with Gasteiger partial charge in [-0.3, -0.25) is 10.1 Å². The lowest BCUT2D eigenvalue weighted by molar-refractivity contribution is -0.385. The summed E-state index contributed by atoms with van der Waals surface area (Å²) >= 11 is 9.09. The lowest BCUT2D eigenvalue weighted by Crippen LogP contribution is -1.93. The minimum absolute atomic E-state index is 0.0839. The van der Waals surface area contributed by atoms with Gasteiger partial charge in [0.2, 0.25) is 5.75 Å². The molecule has 2 rings (SSSR count). The van der Waals surface area contributed by atoms with E-state index in [1.807, 2.05) is 0 Å². The minimum atomic E-state index is -0.487. The number of halogens is 2. The normalized spacial score (nSPS) is 10.1. The summed E-state index contributed by atoms with van der Waals surface area (Å²) in [7, 11) is 0. The highest BCUT2D eigenvalue weighted by Crippen LogP contribution is 2.35. The third-order valence-electron chi connectivity index (χ3n) is 2.18. The van der Waals surface area contributed by atoms with Gasteiger partial charge in [-0.15, -0.1) is 0 Å². The average Bonchev–Trinajstić information content (AvgIpc) is 2.33. The molecular weight excluding hydrogens is 321 g/mol. The van der Waals surface area contributed by atoms with Gasteiger partial charge in [0.25, 0.3) is 0 Å². The fourth-order valence-electron chi connectivity index (χ4n) is 1.37. The van der Waals surface area contributed by atoms with Gasteiger partial charge in [-0.2, -0.15) is 0 Å². The van der Waals surface area contributed by atoms with Crippen LogP contribution in [0.4, 0.5) is 5.69 Å². The van der Waals surface area contributed by atoms with E-state index in [9.17, 15) is 10.1 Å². The number of nitro groups is 1. The first-order chi connectivity index (χ1) is 8.58. The highest BCUT2D eigenvalue weighted by Gasteiger charge is 2.15. The fourth-order valence-corrected chi connectivity index (χ4v) is 2.13. The van der Waals surface area contributed by atoms with Gasteiger partial charge in [0.15, 0.2) is 0 Å². The van der Waals surface area contributed by atoms with Crippen LogP contribution in [0, 0.1) is 10.1 Å². The summed E-state index contributed by atoms with van der Waals surface area (Å²) in [6, 6.07) is 11.1. The number of benzene rings is 2. The maximum absolute atomic E-state index is 10.8. The Balaban J connectivity index is 2.37. The first-order valence-electron chi connectivity index (χ1n) is 4.94. The molecule has 0 saturated heterocycles. The van der Waals surface area contributed by atoms with E-state index in [1.54, 1.807) is 36.4 Å². The lowest BCUT2D eigenvalue weighted by atomic mass is 10.3. The molecule has 0 aliphatic carbocycles. The molecular formula is C12H7BrClNO3. The standard InChI is InChI=1S/C12H7BrClNO3/c13-9-7-8(14)5-6-11(9)18-12-4-2-1-3-10(12)15(16)17/h1-7H. The van der Waals surface area contributed by atoms with Crippen molar-refractivity contribution in [1.29, 1.82) is 0 Å². The van der Waals surface area contributed by atoms with Crippen molar-refractivity contribution in [3.8, 4) is 11.5 Å². The van der Waals surface area contributed by atoms with Crippen molar-refractivity contribution >= 4 is 33.2 Å².